The van der Waals surface area contributed by atoms with Crippen LogP contribution in [0, 0.1) is 5.95 Å². The molecule has 0 aliphatic heterocycles. The minimum Gasteiger partial charge on any atom is -0.380 e. The van der Waals surface area contributed by atoms with Gasteiger partial charge in [-0.3, -0.25) is 4.79 Å². The molecule has 1 aromatic heterocycles. The van der Waals surface area contributed by atoms with Gasteiger partial charge in [-0.15, -0.1) is 0 Å². The summed E-state index contributed by atoms with van der Waals surface area (Å²) in [5, 5.41) is 3.58. The largest absolute Gasteiger partial charge is 0.380 e. The molecule has 0 bridgehead atoms. The number of hydrogen-bond donors (Lipinski definition) is 1. The molecule has 2 rings (SSSR count). The average Bonchev–Trinajstić information content (AvgIpc) is 2.38. The van der Waals surface area contributed by atoms with E-state index in [1.165, 1.54) is 6.20 Å². The molecule has 0 saturated carbocycles. The number of benzene rings is 1. The Morgan fingerprint density at radius 2 is 2.11 bits per heavy atom. The van der Waals surface area contributed by atoms with Gasteiger partial charge in [0.05, 0.1) is 11.3 Å². The molecular weight excluding hydrogens is 255 g/mol. The van der Waals surface area contributed by atoms with Crippen LogP contribution >= 0.6 is 11.6 Å². The lowest BCUT2D eigenvalue weighted by molar-refractivity contribution is 0.111. The number of aromatic nitrogens is 1. The van der Waals surface area contributed by atoms with Crippen molar-refractivity contribution in [3.63, 3.8) is 0 Å². The molecule has 0 fully saturated rings. The van der Waals surface area contributed by atoms with Gasteiger partial charge in [0.1, 0.15) is 0 Å². The Morgan fingerprint density at radius 3 is 2.83 bits per heavy atom. The smallest absolute Gasteiger partial charge is 0.225 e. The number of hydrogen-bond acceptors (Lipinski definition) is 3. The molecular formula is C13H10ClFN2O. The predicted molar refractivity (Wildman–Crippen MR) is 68.4 cm³/mol. The number of carbonyl (C=O) groups is 1. The topological polar surface area (TPSA) is 42.0 Å². The summed E-state index contributed by atoms with van der Waals surface area (Å²) in [6.07, 6.45) is 1.74. The van der Waals surface area contributed by atoms with E-state index in [1.54, 1.807) is 12.1 Å². The predicted octanol–water partition coefficient (Wildman–Crippen LogP) is 3.30. The van der Waals surface area contributed by atoms with E-state index in [1.807, 2.05) is 18.2 Å². The van der Waals surface area contributed by atoms with Crippen molar-refractivity contribution < 1.29 is 9.18 Å². The Labute approximate surface area is 109 Å². The van der Waals surface area contributed by atoms with Crippen molar-refractivity contribution in [1.29, 1.82) is 0 Å². The molecule has 0 atom stereocenters. The van der Waals surface area contributed by atoms with Crippen LogP contribution in [0.25, 0.3) is 0 Å². The Morgan fingerprint density at radius 1 is 1.33 bits per heavy atom. The Bertz CT molecular complexity index is 575. The highest BCUT2D eigenvalue weighted by Crippen LogP contribution is 2.19. The number of halogens is 2. The third-order valence-electron chi connectivity index (χ3n) is 2.49. The normalized spacial score (nSPS) is 10.1. The second kappa shape index (κ2) is 5.60. The van der Waals surface area contributed by atoms with Gasteiger partial charge in [-0.05, 0) is 17.7 Å². The fourth-order valence-corrected chi connectivity index (χ4v) is 1.75. The molecule has 5 heteroatoms. The van der Waals surface area contributed by atoms with Gasteiger partial charge in [0.15, 0.2) is 6.29 Å². The van der Waals surface area contributed by atoms with E-state index in [2.05, 4.69) is 10.3 Å². The van der Waals surface area contributed by atoms with E-state index >= 15 is 0 Å². The molecule has 1 N–H and O–H groups in total. The molecule has 0 spiro atoms. The Hall–Kier alpha value is -1.94. The average molecular weight is 265 g/mol. The van der Waals surface area contributed by atoms with Crippen LogP contribution in [0.5, 0.6) is 0 Å². The quantitative estimate of drug-likeness (QED) is 0.681. The van der Waals surface area contributed by atoms with Crippen LogP contribution in [0.1, 0.15) is 15.9 Å². The second-order valence-electron chi connectivity index (χ2n) is 3.63. The first kappa shape index (κ1) is 12.5. The van der Waals surface area contributed by atoms with Gasteiger partial charge in [0.25, 0.3) is 0 Å². The third kappa shape index (κ3) is 2.65. The number of rotatable bonds is 4. The van der Waals surface area contributed by atoms with Gasteiger partial charge in [-0.1, -0.05) is 29.8 Å². The van der Waals surface area contributed by atoms with E-state index in [0.29, 0.717) is 23.5 Å². The number of nitrogens with zero attached hydrogens (tertiary/aromatic N) is 1. The van der Waals surface area contributed by atoms with Crippen LogP contribution in [0.4, 0.5) is 10.1 Å². The summed E-state index contributed by atoms with van der Waals surface area (Å²) in [4.78, 5) is 14.2. The highest BCUT2D eigenvalue weighted by Gasteiger charge is 2.08. The summed E-state index contributed by atoms with van der Waals surface area (Å²) >= 11 is 6.00. The highest BCUT2D eigenvalue weighted by molar-refractivity contribution is 6.31. The molecule has 0 aliphatic rings. The SMILES string of the molecule is O=Cc1c(NCc2ccccc2Cl)ccnc1F. The molecule has 18 heavy (non-hydrogen) atoms. The summed E-state index contributed by atoms with van der Waals surface area (Å²) < 4.78 is 13.2. The van der Waals surface area contributed by atoms with Gasteiger partial charge in [0.2, 0.25) is 5.95 Å². The zero-order valence-electron chi connectivity index (χ0n) is 9.36. The lowest BCUT2D eigenvalue weighted by atomic mass is 10.2. The number of pyridine rings is 1. The maximum absolute atomic E-state index is 13.2. The number of aldehydes is 1. The van der Waals surface area contributed by atoms with Crippen LogP contribution in [-0.2, 0) is 6.54 Å². The molecule has 92 valence electrons. The lowest BCUT2D eigenvalue weighted by Gasteiger charge is -2.09. The molecule has 1 heterocycles. The molecule has 0 aliphatic carbocycles. The van der Waals surface area contributed by atoms with Crippen molar-refractivity contribution in [2.45, 2.75) is 6.54 Å². The standard InChI is InChI=1S/C13H10ClFN2O/c14-11-4-2-1-3-9(11)7-17-12-5-6-16-13(15)10(12)8-18/h1-6,8H,7H2,(H,16,17). The fraction of sp³-hybridized carbons (Fsp3) is 0.0769. The van der Waals surface area contributed by atoms with Gasteiger partial charge in [-0.25, -0.2) is 4.98 Å². The maximum atomic E-state index is 13.2. The maximum Gasteiger partial charge on any atom is 0.225 e. The van der Waals surface area contributed by atoms with Crippen molar-refractivity contribution in [2.24, 2.45) is 0 Å². The monoisotopic (exact) mass is 264 g/mol. The first-order chi connectivity index (χ1) is 8.72. The number of nitrogens with one attached hydrogen (secondary N) is 1. The summed E-state index contributed by atoms with van der Waals surface area (Å²) in [6.45, 7) is 0.407. The lowest BCUT2D eigenvalue weighted by Crippen LogP contribution is -2.05. The van der Waals surface area contributed by atoms with Gasteiger partial charge in [-0.2, -0.15) is 4.39 Å². The zero-order valence-corrected chi connectivity index (χ0v) is 10.1. The van der Waals surface area contributed by atoms with E-state index in [9.17, 15) is 9.18 Å². The number of carbonyl (C=O) groups excluding carboxylic acids is 1. The van der Waals surface area contributed by atoms with Crippen molar-refractivity contribution in [2.75, 3.05) is 5.32 Å². The van der Waals surface area contributed by atoms with Crippen LogP contribution in [0.3, 0.4) is 0 Å². The van der Waals surface area contributed by atoms with Gasteiger partial charge >= 0.3 is 0 Å². The minimum atomic E-state index is -0.783. The van der Waals surface area contributed by atoms with Gasteiger partial charge < -0.3 is 5.32 Å². The van der Waals surface area contributed by atoms with Gasteiger partial charge in [0, 0.05) is 17.8 Å². The molecule has 2 aromatic rings. The first-order valence-corrected chi connectivity index (χ1v) is 5.67. The molecule has 3 nitrogen and oxygen atoms in total. The van der Waals surface area contributed by atoms with E-state index in [-0.39, 0.29) is 5.56 Å². The zero-order chi connectivity index (χ0) is 13.0. The Balaban J connectivity index is 2.18. The van der Waals surface area contributed by atoms with Crippen LogP contribution in [0.15, 0.2) is 36.5 Å². The molecule has 0 radical (unpaired) electrons. The molecule has 0 amide bonds. The van der Waals surface area contributed by atoms with Crippen molar-refractivity contribution in [3.05, 3.63) is 58.6 Å². The molecule has 1 aromatic carbocycles. The van der Waals surface area contributed by atoms with E-state index in [0.717, 1.165) is 5.56 Å². The van der Waals surface area contributed by atoms with Crippen LogP contribution in [-0.4, -0.2) is 11.3 Å². The van der Waals surface area contributed by atoms with E-state index in [4.69, 9.17) is 11.6 Å². The third-order valence-corrected chi connectivity index (χ3v) is 2.86. The van der Waals surface area contributed by atoms with Crippen molar-refractivity contribution >= 4 is 23.6 Å². The van der Waals surface area contributed by atoms with Crippen molar-refractivity contribution in [3.8, 4) is 0 Å². The summed E-state index contributed by atoms with van der Waals surface area (Å²) in [7, 11) is 0. The van der Waals surface area contributed by atoms with Crippen molar-refractivity contribution in [1.82, 2.24) is 4.98 Å². The summed E-state index contributed by atoms with van der Waals surface area (Å²) in [6, 6.07) is 8.86. The minimum absolute atomic E-state index is 0.0791. The molecule has 0 unspecified atom stereocenters. The van der Waals surface area contributed by atoms with Crippen LogP contribution in [0.2, 0.25) is 5.02 Å². The first-order valence-electron chi connectivity index (χ1n) is 5.29. The van der Waals surface area contributed by atoms with Crippen LogP contribution < -0.4 is 5.32 Å². The molecule has 0 saturated heterocycles. The highest BCUT2D eigenvalue weighted by atomic mass is 35.5. The summed E-state index contributed by atoms with van der Waals surface area (Å²) in [5.74, 6) is -0.783. The van der Waals surface area contributed by atoms with E-state index < -0.39 is 5.95 Å². The number of anilines is 1. The second-order valence-corrected chi connectivity index (χ2v) is 4.03. The fourth-order valence-electron chi connectivity index (χ4n) is 1.55. The summed E-state index contributed by atoms with van der Waals surface area (Å²) in [5.41, 5.74) is 1.19. The Kier molecular flexibility index (Phi) is 3.89.